The summed E-state index contributed by atoms with van der Waals surface area (Å²) >= 11 is 0. The molecule has 0 aliphatic heterocycles. The molecule has 7 aromatic rings. The quantitative estimate of drug-likeness (QED) is 0.197. The summed E-state index contributed by atoms with van der Waals surface area (Å²) in [6.45, 7) is 6.35. The van der Waals surface area contributed by atoms with Crippen LogP contribution in [-0.4, -0.2) is 4.98 Å². The molecule has 0 amide bonds. The highest BCUT2D eigenvalue weighted by molar-refractivity contribution is 6.10. The second-order valence-corrected chi connectivity index (χ2v) is 12.2. The van der Waals surface area contributed by atoms with Gasteiger partial charge in [0.2, 0.25) is 0 Å². The van der Waals surface area contributed by atoms with Crippen molar-refractivity contribution in [3.63, 3.8) is 0 Å². The smallest absolute Gasteiger partial charge is 0.144 e. The van der Waals surface area contributed by atoms with Crippen LogP contribution in [0.1, 0.15) is 60.3 Å². The van der Waals surface area contributed by atoms with Crippen LogP contribution in [0.15, 0.2) is 126 Å². The van der Waals surface area contributed by atoms with Gasteiger partial charge in [0, 0.05) is 26.6 Å². The lowest BCUT2D eigenvalue weighted by molar-refractivity contribution is 0.670. The van der Waals surface area contributed by atoms with E-state index in [1.165, 1.54) is 0 Å². The molecule has 0 N–H and O–H groups in total. The van der Waals surface area contributed by atoms with Crippen LogP contribution >= 0.6 is 0 Å². The molecular formula is C42H37NO. The van der Waals surface area contributed by atoms with Gasteiger partial charge in [-0.1, -0.05) is 119 Å². The molecule has 0 unspecified atom stereocenters. The third kappa shape index (κ3) is 4.91. The molecule has 5 aromatic carbocycles. The van der Waals surface area contributed by atoms with Crippen molar-refractivity contribution < 1.29 is 8.53 Å². The van der Waals surface area contributed by atoms with Gasteiger partial charge >= 0.3 is 0 Å². The monoisotopic (exact) mass is 574 g/mol. The van der Waals surface area contributed by atoms with Crippen LogP contribution in [0, 0.1) is 6.85 Å². The third-order valence-corrected chi connectivity index (χ3v) is 8.61. The lowest BCUT2D eigenvalue weighted by Crippen LogP contribution is -2.03. The van der Waals surface area contributed by atoms with Gasteiger partial charge in [-0.15, -0.1) is 0 Å². The Balaban J connectivity index is 1.46. The van der Waals surface area contributed by atoms with E-state index >= 15 is 0 Å². The van der Waals surface area contributed by atoms with Crippen LogP contribution in [-0.2, 0) is 0 Å². The molecule has 0 spiro atoms. The van der Waals surface area contributed by atoms with Crippen molar-refractivity contribution in [1.82, 2.24) is 4.98 Å². The van der Waals surface area contributed by atoms with Crippen LogP contribution in [0.3, 0.4) is 0 Å². The minimum absolute atomic E-state index is 0.157. The Morgan fingerprint density at radius 2 is 1.25 bits per heavy atom. The van der Waals surface area contributed by atoms with Crippen LogP contribution in [0.25, 0.3) is 66.6 Å². The van der Waals surface area contributed by atoms with Gasteiger partial charge in [0.05, 0.1) is 5.69 Å². The van der Waals surface area contributed by atoms with Crippen molar-refractivity contribution in [2.45, 2.75) is 46.4 Å². The number of aromatic nitrogens is 1. The van der Waals surface area contributed by atoms with Crippen molar-refractivity contribution in [2.24, 2.45) is 0 Å². The molecule has 2 heterocycles. The van der Waals surface area contributed by atoms with Crippen molar-refractivity contribution in [2.75, 3.05) is 0 Å². The molecule has 0 atom stereocenters. The summed E-state index contributed by atoms with van der Waals surface area (Å²) in [6.07, 6.45) is 1.55. The van der Waals surface area contributed by atoms with Gasteiger partial charge in [0.15, 0.2) is 0 Å². The minimum Gasteiger partial charge on any atom is -0.455 e. The van der Waals surface area contributed by atoms with Gasteiger partial charge in [-0.3, -0.25) is 4.98 Å². The van der Waals surface area contributed by atoms with Crippen molar-refractivity contribution >= 4 is 21.9 Å². The second kappa shape index (κ2) is 11.3. The first-order chi connectivity index (χ1) is 22.6. The first kappa shape index (κ1) is 24.5. The summed E-state index contributed by atoms with van der Waals surface area (Å²) in [7, 11) is 0. The van der Waals surface area contributed by atoms with Gasteiger partial charge in [-0.25, -0.2) is 0 Å². The Morgan fingerprint density at radius 3 is 1.89 bits per heavy atom. The summed E-state index contributed by atoms with van der Waals surface area (Å²) in [6, 6.07) is 39.5. The maximum absolute atomic E-state index is 8.54. The number of benzene rings is 5. The number of pyridine rings is 1. The van der Waals surface area contributed by atoms with Crippen molar-refractivity contribution in [1.29, 1.82) is 0 Å². The Labute approximate surface area is 264 Å². The molecule has 44 heavy (non-hydrogen) atoms. The van der Waals surface area contributed by atoms with Gasteiger partial charge in [0.25, 0.3) is 0 Å². The van der Waals surface area contributed by atoms with Gasteiger partial charge in [-0.2, -0.15) is 0 Å². The lowest BCUT2D eigenvalue weighted by Gasteiger charge is -2.23. The predicted octanol–water partition coefficient (Wildman–Crippen LogP) is 12.2. The SMILES string of the molecule is [2H]C([2H])([2H])c1cnc(-c2cccc3c2oc2cc(-c4ccccc4)ccc23)cc1-c1c(C(C)C)cc(-c2ccccc2)cc1C(C)C. The second-order valence-electron chi connectivity index (χ2n) is 12.2. The molecule has 7 rings (SSSR count). The summed E-state index contributed by atoms with van der Waals surface area (Å²) < 4.78 is 32.2. The molecule has 0 saturated carbocycles. The topological polar surface area (TPSA) is 26.0 Å². The highest BCUT2D eigenvalue weighted by Gasteiger charge is 2.21. The number of nitrogens with zero attached hydrogens (tertiary/aromatic N) is 1. The molecule has 2 heteroatoms. The Bertz CT molecular complexity index is 2200. The molecule has 0 aliphatic rings. The Kier molecular flexibility index (Phi) is 6.28. The summed E-state index contributed by atoms with van der Waals surface area (Å²) in [5, 5.41) is 2.03. The van der Waals surface area contributed by atoms with E-state index in [2.05, 4.69) is 100 Å². The van der Waals surface area contributed by atoms with E-state index in [1.54, 1.807) is 6.20 Å². The van der Waals surface area contributed by atoms with E-state index < -0.39 is 6.85 Å². The minimum atomic E-state index is -2.35. The zero-order valence-electron chi connectivity index (χ0n) is 28.6. The number of hydrogen-bond donors (Lipinski definition) is 0. The molecule has 0 saturated heterocycles. The normalized spacial score (nSPS) is 13.0. The predicted molar refractivity (Wildman–Crippen MR) is 186 cm³/mol. The van der Waals surface area contributed by atoms with Crippen LogP contribution in [0.5, 0.6) is 0 Å². The number of furan rings is 1. The van der Waals surface area contributed by atoms with E-state index in [9.17, 15) is 0 Å². The van der Waals surface area contributed by atoms with E-state index in [0.717, 1.165) is 66.4 Å². The van der Waals surface area contributed by atoms with Gasteiger partial charge in [0.1, 0.15) is 11.2 Å². The first-order valence-electron chi connectivity index (χ1n) is 16.9. The highest BCUT2D eigenvalue weighted by atomic mass is 16.3. The standard InChI is InChI=1S/C42H37NO/c1-26(2)36-21-32(30-15-10-7-11-16-30)22-37(27(3)4)41(36)38-24-39(43-25-28(38)5)35-18-12-17-34-33-20-19-31(23-40(33)44-42(34)35)29-13-8-6-9-14-29/h6-27H,1-5H3/i5D3. The third-order valence-electron chi connectivity index (χ3n) is 8.61. The van der Waals surface area contributed by atoms with Gasteiger partial charge in [-0.05, 0) is 93.0 Å². The maximum atomic E-state index is 8.54. The average Bonchev–Trinajstić information content (AvgIpc) is 3.46. The molecule has 2 aromatic heterocycles. The summed E-state index contributed by atoms with van der Waals surface area (Å²) in [4.78, 5) is 4.78. The largest absolute Gasteiger partial charge is 0.455 e. The number of para-hydroxylation sites is 1. The van der Waals surface area contributed by atoms with Gasteiger partial charge < -0.3 is 4.42 Å². The van der Waals surface area contributed by atoms with E-state index in [4.69, 9.17) is 13.5 Å². The average molecular weight is 575 g/mol. The van der Waals surface area contributed by atoms with Crippen molar-refractivity contribution in [3.05, 3.63) is 138 Å². The lowest BCUT2D eigenvalue weighted by atomic mass is 9.81. The van der Waals surface area contributed by atoms with Crippen LogP contribution in [0.4, 0.5) is 0 Å². The highest BCUT2D eigenvalue weighted by Crippen LogP contribution is 2.43. The molecule has 0 aliphatic carbocycles. The summed E-state index contributed by atoms with van der Waals surface area (Å²) in [5.74, 6) is 0.315. The fourth-order valence-electron chi connectivity index (χ4n) is 6.33. The molecule has 0 fully saturated rings. The molecule has 0 bridgehead atoms. The van der Waals surface area contributed by atoms with E-state index in [1.807, 2.05) is 42.5 Å². The molecule has 216 valence electrons. The zero-order valence-corrected chi connectivity index (χ0v) is 25.6. The maximum Gasteiger partial charge on any atom is 0.144 e. The fraction of sp³-hybridized carbons (Fsp3) is 0.167. The van der Waals surface area contributed by atoms with E-state index in [-0.39, 0.29) is 17.4 Å². The number of fused-ring (bicyclic) bond motifs is 3. The Hall–Kier alpha value is -4.95. The summed E-state index contributed by atoms with van der Waals surface area (Å²) in [5.41, 5.74) is 11.7. The molecule has 2 nitrogen and oxygen atoms in total. The van der Waals surface area contributed by atoms with E-state index in [0.29, 0.717) is 11.3 Å². The van der Waals surface area contributed by atoms with Crippen LogP contribution < -0.4 is 0 Å². The van der Waals surface area contributed by atoms with Crippen LogP contribution in [0.2, 0.25) is 0 Å². The molecular weight excluding hydrogens is 534 g/mol. The Morgan fingerprint density at radius 1 is 0.591 bits per heavy atom. The number of hydrogen-bond acceptors (Lipinski definition) is 2. The first-order valence-corrected chi connectivity index (χ1v) is 15.4. The number of aryl methyl sites for hydroxylation is 1. The zero-order chi connectivity index (χ0) is 32.9. The van der Waals surface area contributed by atoms with Crippen molar-refractivity contribution in [3.8, 4) is 44.6 Å². The molecule has 0 radical (unpaired) electrons. The fourth-order valence-corrected chi connectivity index (χ4v) is 6.33. The number of rotatable bonds is 6.